The van der Waals surface area contributed by atoms with Gasteiger partial charge in [-0.2, -0.15) is 0 Å². The molecule has 0 atom stereocenters. The van der Waals surface area contributed by atoms with E-state index < -0.39 is 0 Å². The molecular weight excluding hydrogens is 199 g/mol. The molecule has 0 amide bonds. The number of nitrogens with zero attached hydrogens (tertiary/aromatic N) is 1. The first-order valence-corrected chi connectivity index (χ1v) is 7.10. The average molecular weight is 210 g/mol. The Morgan fingerprint density at radius 2 is 2.15 bits per heavy atom. The fourth-order valence-electron chi connectivity index (χ4n) is 1.31. The Kier molecular flexibility index (Phi) is 2.22. The van der Waals surface area contributed by atoms with Gasteiger partial charge < -0.3 is 5.73 Å². The van der Waals surface area contributed by atoms with Crippen molar-refractivity contribution in [2.75, 3.05) is 19.1 Å². The van der Waals surface area contributed by atoms with Crippen molar-refractivity contribution in [1.82, 2.24) is 4.98 Å². The Balaban J connectivity index is 2.78. The second-order valence-electron chi connectivity index (χ2n) is 3.10. The SMILES string of the molecule is CP(C)c1ccc(N)c2ncsc12. The molecule has 2 nitrogen and oxygen atoms in total. The highest BCUT2D eigenvalue weighted by atomic mass is 32.1. The van der Waals surface area contributed by atoms with Gasteiger partial charge in [-0.05, 0) is 24.7 Å². The molecule has 13 heavy (non-hydrogen) atoms. The number of fused-ring (bicyclic) bond motifs is 1. The molecule has 0 spiro atoms. The lowest BCUT2D eigenvalue weighted by atomic mass is 10.3. The molecule has 1 aromatic carbocycles. The standard InChI is InChI=1S/C9H11N2PS/c1-12(2)7-4-3-6(10)8-9(7)13-5-11-8/h3-5H,10H2,1-2H3. The topological polar surface area (TPSA) is 38.9 Å². The minimum atomic E-state index is -0.0672. The number of anilines is 1. The van der Waals surface area contributed by atoms with Crippen molar-refractivity contribution in [3.8, 4) is 0 Å². The summed E-state index contributed by atoms with van der Waals surface area (Å²) in [5, 5.41) is 1.40. The molecule has 0 bridgehead atoms. The third-order valence-electron chi connectivity index (χ3n) is 1.98. The molecule has 2 rings (SSSR count). The quantitative estimate of drug-likeness (QED) is 0.579. The van der Waals surface area contributed by atoms with E-state index in [0.29, 0.717) is 0 Å². The lowest BCUT2D eigenvalue weighted by molar-refractivity contribution is 1.50. The normalized spacial score (nSPS) is 11.3. The minimum absolute atomic E-state index is 0.0672. The van der Waals surface area contributed by atoms with Gasteiger partial charge in [-0.1, -0.05) is 14.0 Å². The van der Waals surface area contributed by atoms with Gasteiger partial charge in [0.2, 0.25) is 0 Å². The number of hydrogen-bond donors (Lipinski definition) is 1. The molecule has 68 valence electrons. The Labute approximate surface area is 82.5 Å². The lowest BCUT2D eigenvalue weighted by Crippen LogP contribution is -2.00. The van der Waals surface area contributed by atoms with E-state index in [2.05, 4.69) is 24.4 Å². The number of thiazole rings is 1. The number of hydrogen-bond acceptors (Lipinski definition) is 3. The van der Waals surface area contributed by atoms with Crippen molar-refractivity contribution < 1.29 is 0 Å². The minimum Gasteiger partial charge on any atom is -0.397 e. The van der Waals surface area contributed by atoms with Gasteiger partial charge >= 0.3 is 0 Å². The summed E-state index contributed by atoms with van der Waals surface area (Å²) in [6, 6.07) is 4.08. The van der Waals surface area contributed by atoms with E-state index in [1.54, 1.807) is 11.3 Å². The zero-order valence-corrected chi connectivity index (χ0v) is 9.32. The van der Waals surface area contributed by atoms with Crippen molar-refractivity contribution in [2.24, 2.45) is 0 Å². The van der Waals surface area contributed by atoms with Crippen molar-refractivity contribution in [3.05, 3.63) is 17.6 Å². The first-order valence-electron chi connectivity index (χ1n) is 3.99. The smallest absolute Gasteiger partial charge is 0.105 e. The van der Waals surface area contributed by atoms with Crippen LogP contribution in [-0.2, 0) is 0 Å². The summed E-state index contributed by atoms with van der Waals surface area (Å²) in [5.41, 5.74) is 9.45. The Morgan fingerprint density at radius 3 is 2.85 bits per heavy atom. The molecule has 0 fully saturated rings. The van der Waals surface area contributed by atoms with Crippen LogP contribution in [0.5, 0.6) is 0 Å². The number of nitrogens with two attached hydrogens (primary N) is 1. The number of rotatable bonds is 1. The monoisotopic (exact) mass is 210 g/mol. The van der Waals surface area contributed by atoms with Crippen LogP contribution >= 0.6 is 19.3 Å². The molecule has 1 heterocycles. The summed E-state index contributed by atoms with van der Waals surface area (Å²) in [5.74, 6) is 0. The van der Waals surface area contributed by atoms with E-state index in [4.69, 9.17) is 5.73 Å². The predicted octanol–water partition coefficient (Wildman–Crippen LogP) is 2.25. The van der Waals surface area contributed by atoms with E-state index in [-0.39, 0.29) is 7.92 Å². The molecule has 0 aliphatic heterocycles. The van der Waals surface area contributed by atoms with Crippen LogP contribution in [0.2, 0.25) is 0 Å². The molecule has 0 radical (unpaired) electrons. The number of nitrogen functional groups attached to an aromatic ring is 1. The molecular formula is C9H11N2PS. The molecule has 0 aliphatic carbocycles. The average Bonchev–Trinajstić information content (AvgIpc) is 2.53. The van der Waals surface area contributed by atoms with Crippen LogP contribution in [0.4, 0.5) is 5.69 Å². The highest BCUT2D eigenvalue weighted by molar-refractivity contribution is 7.65. The molecule has 1 aromatic heterocycles. The van der Waals surface area contributed by atoms with E-state index in [1.165, 1.54) is 10.0 Å². The molecule has 0 saturated heterocycles. The third kappa shape index (κ3) is 1.43. The first-order chi connectivity index (χ1) is 6.20. The summed E-state index contributed by atoms with van der Waals surface area (Å²) >= 11 is 1.68. The lowest BCUT2D eigenvalue weighted by Gasteiger charge is -2.07. The maximum absolute atomic E-state index is 5.82. The summed E-state index contributed by atoms with van der Waals surface area (Å²) < 4.78 is 1.26. The van der Waals surface area contributed by atoms with Crippen molar-refractivity contribution >= 4 is 40.5 Å². The molecule has 2 aromatic rings. The summed E-state index contributed by atoms with van der Waals surface area (Å²) in [6.45, 7) is 4.50. The molecule has 4 heteroatoms. The summed E-state index contributed by atoms with van der Waals surface area (Å²) in [7, 11) is -0.0672. The van der Waals surface area contributed by atoms with Gasteiger partial charge in [0.15, 0.2) is 0 Å². The van der Waals surface area contributed by atoms with Gasteiger partial charge in [0.05, 0.1) is 15.9 Å². The Hall–Kier alpha value is -0.660. The summed E-state index contributed by atoms with van der Waals surface area (Å²) in [4.78, 5) is 4.27. The Bertz CT molecular complexity index is 436. The van der Waals surface area contributed by atoms with Crippen LogP contribution in [0.1, 0.15) is 0 Å². The first kappa shape index (κ1) is 8.92. The van der Waals surface area contributed by atoms with Crippen LogP contribution < -0.4 is 11.0 Å². The van der Waals surface area contributed by atoms with Gasteiger partial charge in [-0.3, -0.25) is 0 Å². The predicted molar refractivity (Wildman–Crippen MR) is 62.4 cm³/mol. The number of benzene rings is 1. The molecule has 2 N–H and O–H groups in total. The summed E-state index contributed by atoms with van der Waals surface area (Å²) in [6.07, 6.45) is 0. The maximum atomic E-state index is 5.82. The van der Waals surface area contributed by atoms with E-state index >= 15 is 0 Å². The highest BCUT2D eigenvalue weighted by Gasteiger charge is 2.08. The van der Waals surface area contributed by atoms with E-state index in [0.717, 1.165) is 11.2 Å². The van der Waals surface area contributed by atoms with E-state index in [1.807, 2.05) is 11.6 Å². The fourth-order valence-corrected chi connectivity index (χ4v) is 3.63. The van der Waals surface area contributed by atoms with Crippen LogP contribution in [0.25, 0.3) is 10.2 Å². The van der Waals surface area contributed by atoms with Gasteiger partial charge in [-0.25, -0.2) is 4.98 Å². The van der Waals surface area contributed by atoms with Gasteiger partial charge in [0, 0.05) is 0 Å². The molecule has 0 aliphatic rings. The number of aromatic nitrogens is 1. The zero-order chi connectivity index (χ0) is 9.42. The van der Waals surface area contributed by atoms with Crippen LogP contribution in [0.15, 0.2) is 17.6 Å². The van der Waals surface area contributed by atoms with Crippen LogP contribution in [0, 0.1) is 0 Å². The van der Waals surface area contributed by atoms with Crippen LogP contribution in [0.3, 0.4) is 0 Å². The zero-order valence-electron chi connectivity index (χ0n) is 7.61. The second-order valence-corrected chi connectivity index (χ2v) is 6.22. The maximum Gasteiger partial charge on any atom is 0.105 e. The largest absolute Gasteiger partial charge is 0.397 e. The van der Waals surface area contributed by atoms with Crippen LogP contribution in [-0.4, -0.2) is 18.3 Å². The fraction of sp³-hybridized carbons (Fsp3) is 0.222. The van der Waals surface area contributed by atoms with Crippen molar-refractivity contribution in [3.63, 3.8) is 0 Å². The molecule has 0 unspecified atom stereocenters. The van der Waals surface area contributed by atoms with Gasteiger partial charge in [0.25, 0.3) is 0 Å². The van der Waals surface area contributed by atoms with Crippen molar-refractivity contribution in [2.45, 2.75) is 0 Å². The second kappa shape index (κ2) is 3.24. The van der Waals surface area contributed by atoms with Gasteiger partial charge in [-0.15, -0.1) is 11.3 Å². The van der Waals surface area contributed by atoms with E-state index in [9.17, 15) is 0 Å². The third-order valence-corrected chi connectivity index (χ3v) is 4.32. The Morgan fingerprint density at radius 1 is 1.38 bits per heavy atom. The van der Waals surface area contributed by atoms with Crippen molar-refractivity contribution in [1.29, 1.82) is 0 Å². The molecule has 0 saturated carbocycles. The highest BCUT2D eigenvalue weighted by Crippen LogP contribution is 2.32. The van der Waals surface area contributed by atoms with Gasteiger partial charge in [0.1, 0.15) is 5.52 Å².